The highest BCUT2D eigenvalue weighted by Gasteiger charge is 2.40. The summed E-state index contributed by atoms with van der Waals surface area (Å²) in [6.45, 7) is 10.0. The van der Waals surface area contributed by atoms with Gasteiger partial charge in [-0.1, -0.05) is 12.5 Å². The molecule has 33 heavy (non-hydrogen) atoms. The Morgan fingerprint density at radius 1 is 1.18 bits per heavy atom. The standard InChI is InChI=1S/C18H27FN2O.C7H6FNOS/c1-5-20-17-12-15(19)11-16(13(17)2)18(4,14(3)22)21-9-7-6-8-10-21;8-11-6-3-1-2-5(4-6)7(9)10/h11-12,20H,5-10H2,1-4H3;1-4H,(H2,9,10). The number of anilines is 1. The van der Waals surface area contributed by atoms with Crippen LogP contribution in [0, 0.1) is 12.7 Å². The summed E-state index contributed by atoms with van der Waals surface area (Å²) < 4.78 is 26.1. The zero-order valence-electron chi connectivity index (χ0n) is 19.7. The third-order valence-electron chi connectivity index (χ3n) is 6.15. The monoisotopic (exact) mass is 477 g/mol. The second-order valence-electron chi connectivity index (χ2n) is 8.30. The van der Waals surface area contributed by atoms with Crippen LogP contribution < -0.4 is 11.1 Å². The molecule has 180 valence electrons. The number of ketones is 1. The van der Waals surface area contributed by atoms with Gasteiger partial charge >= 0.3 is 0 Å². The van der Waals surface area contributed by atoms with Gasteiger partial charge in [0.1, 0.15) is 11.4 Å². The molecule has 5 nitrogen and oxygen atoms in total. The van der Waals surface area contributed by atoms with Gasteiger partial charge in [0.2, 0.25) is 5.91 Å². The number of likely N-dealkylation sites (tertiary alicyclic amines) is 1. The van der Waals surface area contributed by atoms with Crippen LogP contribution in [0.5, 0.6) is 0 Å². The van der Waals surface area contributed by atoms with Gasteiger partial charge < -0.3 is 11.1 Å². The largest absolute Gasteiger partial charge is 0.385 e. The van der Waals surface area contributed by atoms with Crippen molar-refractivity contribution in [2.24, 2.45) is 5.73 Å². The van der Waals surface area contributed by atoms with Gasteiger partial charge in [0.05, 0.1) is 12.1 Å². The van der Waals surface area contributed by atoms with Gasteiger partial charge in [-0.25, -0.2) is 4.39 Å². The first kappa shape index (κ1) is 26.8. The first-order valence-corrected chi connectivity index (χ1v) is 11.9. The maximum absolute atomic E-state index is 14.1. The Balaban J connectivity index is 0.000000294. The highest BCUT2D eigenvalue weighted by molar-refractivity contribution is 7.94. The van der Waals surface area contributed by atoms with Crippen molar-refractivity contribution in [1.29, 1.82) is 0 Å². The van der Waals surface area contributed by atoms with Crippen molar-refractivity contribution in [2.75, 3.05) is 25.0 Å². The van der Waals surface area contributed by atoms with E-state index in [0.717, 1.165) is 49.3 Å². The van der Waals surface area contributed by atoms with Gasteiger partial charge in [-0.3, -0.25) is 14.5 Å². The second kappa shape index (κ2) is 12.1. The van der Waals surface area contributed by atoms with Crippen molar-refractivity contribution >= 4 is 29.5 Å². The number of nitrogens with zero attached hydrogens (tertiary/aromatic N) is 1. The Hall–Kier alpha value is -2.45. The molecule has 1 fully saturated rings. The first-order chi connectivity index (χ1) is 15.6. The van der Waals surface area contributed by atoms with Crippen molar-refractivity contribution in [1.82, 2.24) is 4.90 Å². The zero-order chi connectivity index (χ0) is 24.6. The molecule has 1 heterocycles. The van der Waals surface area contributed by atoms with Crippen molar-refractivity contribution in [3.05, 3.63) is 58.9 Å². The summed E-state index contributed by atoms with van der Waals surface area (Å²) in [6, 6.07) is 9.15. The van der Waals surface area contributed by atoms with Crippen LogP contribution >= 0.6 is 12.1 Å². The lowest BCUT2D eigenvalue weighted by Gasteiger charge is -2.43. The minimum absolute atomic E-state index is 0.0746. The molecule has 8 heteroatoms. The number of carbonyl (C=O) groups excluding carboxylic acids is 2. The van der Waals surface area contributed by atoms with E-state index in [1.165, 1.54) is 24.6 Å². The van der Waals surface area contributed by atoms with Crippen molar-refractivity contribution < 1.29 is 17.9 Å². The third kappa shape index (κ3) is 6.54. The summed E-state index contributed by atoms with van der Waals surface area (Å²) in [5.41, 5.74) is 7.07. The van der Waals surface area contributed by atoms with Gasteiger partial charge in [0, 0.05) is 22.7 Å². The van der Waals surface area contributed by atoms with E-state index in [0.29, 0.717) is 10.5 Å². The number of piperidine rings is 1. The number of rotatable bonds is 7. The van der Waals surface area contributed by atoms with Gasteiger partial charge in [-0.2, -0.15) is 3.89 Å². The molecule has 1 unspecified atom stereocenters. The summed E-state index contributed by atoms with van der Waals surface area (Å²) in [7, 11) is 0. The van der Waals surface area contributed by atoms with Crippen molar-refractivity contribution in [3.8, 4) is 0 Å². The van der Waals surface area contributed by atoms with Crippen LogP contribution in [0.2, 0.25) is 0 Å². The van der Waals surface area contributed by atoms with Crippen LogP contribution in [0.4, 0.5) is 14.0 Å². The summed E-state index contributed by atoms with van der Waals surface area (Å²) >= 11 is 0.0926. The molecule has 3 rings (SSSR count). The first-order valence-electron chi connectivity index (χ1n) is 11.1. The fraction of sp³-hybridized carbons (Fsp3) is 0.440. The van der Waals surface area contributed by atoms with Gasteiger partial charge in [-0.15, -0.1) is 0 Å². The van der Waals surface area contributed by atoms with E-state index < -0.39 is 11.4 Å². The molecule has 0 saturated carbocycles. The minimum Gasteiger partial charge on any atom is -0.385 e. The van der Waals surface area contributed by atoms with Crippen LogP contribution in [0.1, 0.15) is 61.5 Å². The summed E-state index contributed by atoms with van der Waals surface area (Å²) in [4.78, 5) is 25.7. The van der Waals surface area contributed by atoms with Gasteiger partial charge in [-0.05, 0) is 95.1 Å². The number of amides is 1. The molecule has 2 aromatic carbocycles. The molecule has 1 aliphatic rings. The van der Waals surface area contributed by atoms with E-state index in [1.807, 2.05) is 20.8 Å². The Morgan fingerprint density at radius 2 is 1.85 bits per heavy atom. The maximum Gasteiger partial charge on any atom is 0.248 e. The molecule has 0 aliphatic carbocycles. The Labute approximate surface area is 199 Å². The molecule has 3 N–H and O–H groups in total. The molecule has 0 aromatic heterocycles. The lowest BCUT2D eigenvalue weighted by Crippen LogP contribution is -2.51. The third-order valence-corrected chi connectivity index (χ3v) is 6.58. The number of carbonyl (C=O) groups is 2. The molecule has 1 atom stereocenters. The SMILES string of the molecule is CCNc1cc(F)cc(C(C)(C(C)=O)N2CCCCC2)c1C.NC(=O)c1cccc(SF)c1. The number of primary amides is 1. The Morgan fingerprint density at radius 3 is 2.39 bits per heavy atom. The van der Waals surface area contributed by atoms with E-state index in [1.54, 1.807) is 25.1 Å². The number of nitrogens with one attached hydrogen (secondary N) is 1. The predicted molar refractivity (Wildman–Crippen MR) is 131 cm³/mol. The average molecular weight is 478 g/mol. The molecule has 0 radical (unpaired) electrons. The van der Waals surface area contributed by atoms with Crippen LogP contribution in [-0.2, 0) is 10.3 Å². The van der Waals surface area contributed by atoms with E-state index in [2.05, 4.69) is 10.2 Å². The summed E-state index contributed by atoms with van der Waals surface area (Å²) in [5, 5.41) is 3.20. The number of halogens is 2. The normalized spacial score (nSPS) is 15.7. The second-order valence-corrected chi connectivity index (χ2v) is 8.93. The van der Waals surface area contributed by atoms with E-state index in [-0.39, 0.29) is 23.7 Å². The van der Waals surface area contributed by atoms with Crippen LogP contribution in [0.25, 0.3) is 0 Å². The lowest BCUT2D eigenvalue weighted by molar-refractivity contribution is -0.129. The van der Waals surface area contributed by atoms with Crippen LogP contribution in [0.3, 0.4) is 0 Å². The average Bonchev–Trinajstić information content (AvgIpc) is 2.81. The number of benzene rings is 2. The fourth-order valence-electron chi connectivity index (χ4n) is 4.18. The smallest absolute Gasteiger partial charge is 0.248 e. The van der Waals surface area contributed by atoms with E-state index >= 15 is 0 Å². The lowest BCUT2D eigenvalue weighted by atomic mass is 9.82. The minimum atomic E-state index is -0.753. The molecular weight excluding hydrogens is 444 g/mol. The topological polar surface area (TPSA) is 75.4 Å². The van der Waals surface area contributed by atoms with Gasteiger partial charge in [0.25, 0.3) is 0 Å². The van der Waals surface area contributed by atoms with Crippen LogP contribution in [-0.4, -0.2) is 36.2 Å². The van der Waals surface area contributed by atoms with E-state index in [4.69, 9.17) is 5.73 Å². The molecule has 0 bridgehead atoms. The molecule has 0 spiro atoms. The van der Waals surface area contributed by atoms with E-state index in [9.17, 15) is 17.9 Å². The van der Waals surface area contributed by atoms with Crippen molar-refractivity contribution in [2.45, 2.75) is 57.4 Å². The predicted octanol–water partition coefficient (Wildman–Crippen LogP) is 5.62. The maximum atomic E-state index is 14.1. The number of Topliss-reactive ketones (excluding diaryl/α,β-unsaturated/α-hetero) is 1. The highest BCUT2D eigenvalue weighted by atomic mass is 32.2. The van der Waals surface area contributed by atoms with Gasteiger partial charge in [0.15, 0.2) is 5.78 Å². The molecular formula is C25H33F2N3O2S. The molecule has 1 amide bonds. The Bertz CT molecular complexity index is 980. The molecule has 1 aliphatic heterocycles. The Kier molecular flexibility index (Phi) is 9.86. The summed E-state index contributed by atoms with van der Waals surface area (Å²) in [5.74, 6) is -0.757. The highest BCUT2D eigenvalue weighted by Crippen LogP contribution is 2.37. The fourth-order valence-corrected chi connectivity index (χ4v) is 4.48. The molecule has 1 saturated heterocycles. The summed E-state index contributed by atoms with van der Waals surface area (Å²) in [6.07, 6.45) is 3.39. The number of hydrogen-bond donors (Lipinski definition) is 2. The zero-order valence-corrected chi connectivity index (χ0v) is 20.5. The number of hydrogen-bond acceptors (Lipinski definition) is 5. The number of nitrogens with two attached hydrogens (primary N) is 1. The van der Waals surface area contributed by atoms with Crippen LogP contribution in [0.15, 0.2) is 41.3 Å². The molecule has 2 aromatic rings. The van der Waals surface area contributed by atoms with Crippen molar-refractivity contribution in [3.63, 3.8) is 0 Å². The quantitative estimate of drug-likeness (QED) is 0.542.